The largest absolute Gasteiger partial charge is 0.310 e. The number of rotatable bonds is 9. The Morgan fingerprint density at radius 3 is 1.04 bits per heavy atom. The molecule has 0 atom stereocenters. The summed E-state index contributed by atoms with van der Waals surface area (Å²) in [5.41, 5.74) is 3.99. The number of nitrogens with zero attached hydrogens (tertiary/aromatic N) is 4. The average molecular weight is 963 g/mol. The van der Waals surface area contributed by atoms with Gasteiger partial charge in [0.1, 0.15) is 29.0 Å². The molecule has 0 aliphatic carbocycles. The van der Waals surface area contributed by atoms with Gasteiger partial charge in [-0.15, -0.1) is 0 Å². The minimum Gasteiger partial charge on any atom is -0.310 e. The predicted octanol–water partition coefficient (Wildman–Crippen LogP) is 17.6. The van der Waals surface area contributed by atoms with Crippen molar-refractivity contribution in [2.24, 2.45) is 0 Å². The molecule has 0 spiro atoms. The topological polar surface area (TPSA) is 16.3 Å². The molecule has 12 rings (SSSR count). The lowest BCUT2D eigenvalue weighted by Gasteiger charge is -2.27. The van der Waals surface area contributed by atoms with Gasteiger partial charge in [0.15, 0.2) is 23.3 Å². The minimum absolute atomic E-state index is 0.00539. The van der Waals surface area contributed by atoms with Crippen molar-refractivity contribution >= 4 is 77.7 Å². The van der Waals surface area contributed by atoms with Crippen LogP contribution in [0.1, 0.15) is 0 Å². The third kappa shape index (κ3) is 7.29. The van der Waals surface area contributed by atoms with Gasteiger partial charge in [-0.2, -0.15) is 0 Å². The SMILES string of the molecule is Fc1ccc(N(c2ccc(-c3c(F)c(F)c(N(c4ccc(F)cc4)c4ccc5c(c4)c4ccccc4n5-c4ccc(F)cc4)c(F)c3F)cc2)c2ccc3c(c2)c2ccccc2n3-c2ccc(F)cc2)cc1. The molecule has 2 aromatic heterocycles. The number of fused-ring (bicyclic) bond motifs is 6. The smallest absolute Gasteiger partial charge is 0.186 e. The van der Waals surface area contributed by atoms with Gasteiger partial charge in [0.25, 0.3) is 0 Å². The van der Waals surface area contributed by atoms with E-state index in [1.165, 1.54) is 78.9 Å². The number of benzene rings is 10. The van der Waals surface area contributed by atoms with Crippen molar-refractivity contribution in [1.29, 1.82) is 0 Å². The fourth-order valence-corrected chi connectivity index (χ4v) is 9.82. The summed E-state index contributed by atoms with van der Waals surface area (Å²) in [5.74, 6) is -8.66. The highest BCUT2D eigenvalue weighted by Gasteiger charge is 2.32. The quantitative estimate of drug-likeness (QED) is 0.106. The van der Waals surface area contributed by atoms with Gasteiger partial charge in [-0.3, -0.25) is 0 Å². The van der Waals surface area contributed by atoms with Crippen LogP contribution >= 0.6 is 0 Å². The van der Waals surface area contributed by atoms with Crippen molar-refractivity contribution in [2.75, 3.05) is 9.80 Å². The van der Waals surface area contributed by atoms with Gasteiger partial charge in [0, 0.05) is 61.4 Å². The maximum Gasteiger partial charge on any atom is 0.186 e. The van der Waals surface area contributed by atoms with E-state index < -0.39 is 52.0 Å². The number of halogens is 8. The molecule has 0 bridgehead atoms. The molecule has 0 aliphatic rings. The molecule has 0 amide bonds. The molecule has 72 heavy (non-hydrogen) atoms. The zero-order chi connectivity index (χ0) is 49.4. The van der Waals surface area contributed by atoms with Gasteiger partial charge in [0.2, 0.25) is 0 Å². The summed E-state index contributed by atoms with van der Waals surface area (Å²) in [6.45, 7) is 0. The molecular weight excluding hydrogens is 929 g/mol. The second-order valence-electron chi connectivity index (χ2n) is 17.2. The molecule has 0 saturated carbocycles. The van der Waals surface area contributed by atoms with Crippen molar-refractivity contribution in [3.63, 3.8) is 0 Å². The Morgan fingerprint density at radius 2 is 0.611 bits per heavy atom. The third-order valence-electron chi connectivity index (χ3n) is 13.0. The Balaban J connectivity index is 0.966. The summed E-state index contributed by atoms with van der Waals surface area (Å²) in [5, 5.41) is 3.07. The van der Waals surface area contributed by atoms with Crippen LogP contribution in [0.5, 0.6) is 0 Å². The molecule has 12 heteroatoms. The van der Waals surface area contributed by atoms with Crippen LogP contribution in [-0.2, 0) is 0 Å². The fourth-order valence-electron chi connectivity index (χ4n) is 9.82. The number of para-hydroxylation sites is 2. The highest BCUT2D eigenvalue weighted by molar-refractivity contribution is 6.12. The van der Waals surface area contributed by atoms with Crippen molar-refractivity contribution in [2.45, 2.75) is 0 Å². The lowest BCUT2D eigenvalue weighted by Crippen LogP contribution is -2.16. The number of anilines is 6. The van der Waals surface area contributed by atoms with Crippen molar-refractivity contribution < 1.29 is 35.1 Å². The Labute approximate surface area is 405 Å². The van der Waals surface area contributed by atoms with E-state index in [9.17, 15) is 17.6 Å². The second kappa shape index (κ2) is 17.4. The van der Waals surface area contributed by atoms with E-state index in [2.05, 4.69) is 0 Å². The van der Waals surface area contributed by atoms with Gasteiger partial charge >= 0.3 is 0 Å². The first kappa shape index (κ1) is 44.1. The molecule has 0 aliphatic heterocycles. The Bertz CT molecular complexity index is 4030. The van der Waals surface area contributed by atoms with E-state index in [4.69, 9.17) is 0 Å². The van der Waals surface area contributed by atoms with E-state index in [0.29, 0.717) is 33.7 Å². The molecule has 12 aromatic rings. The zero-order valence-corrected chi connectivity index (χ0v) is 37.4. The van der Waals surface area contributed by atoms with E-state index in [-0.39, 0.29) is 22.8 Å². The first-order chi connectivity index (χ1) is 35.0. The van der Waals surface area contributed by atoms with Crippen molar-refractivity contribution in [3.05, 3.63) is 253 Å². The maximum atomic E-state index is 17.0. The van der Waals surface area contributed by atoms with Crippen molar-refractivity contribution in [3.8, 4) is 22.5 Å². The van der Waals surface area contributed by atoms with Gasteiger partial charge in [-0.1, -0.05) is 48.5 Å². The minimum atomic E-state index is -1.70. The van der Waals surface area contributed by atoms with Gasteiger partial charge < -0.3 is 18.9 Å². The summed E-state index contributed by atoms with van der Waals surface area (Å²) in [7, 11) is 0. The maximum absolute atomic E-state index is 17.0. The van der Waals surface area contributed by atoms with E-state index in [1.54, 1.807) is 53.4 Å². The first-order valence-electron chi connectivity index (χ1n) is 22.7. The molecular formula is C60H34F8N4. The molecule has 0 unspecified atom stereocenters. The molecule has 350 valence electrons. The van der Waals surface area contributed by atoms with Crippen LogP contribution in [0.15, 0.2) is 206 Å². The lowest BCUT2D eigenvalue weighted by molar-refractivity contribution is 0.461. The molecule has 0 fully saturated rings. The summed E-state index contributed by atoms with van der Waals surface area (Å²) in [4.78, 5) is 2.80. The number of hydrogen-bond donors (Lipinski definition) is 0. The van der Waals surface area contributed by atoms with Crippen LogP contribution in [0.3, 0.4) is 0 Å². The monoisotopic (exact) mass is 962 g/mol. The lowest BCUT2D eigenvalue weighted by atomic mass is 10.0. The molecule has 2 heterocycles. The Morgan fingerprint density at radius 1 is 0.278 bits per heavy atom. The van der Waals surface area contributed by atoms with Gasteiger partial charge in [0.05, 0.1) is 27.6 Å². The van der Waals surface area contributed by atoms with Crippen LogP contribution in [0, 0.1) is 46.5 Å². The Kier molecular flexibility index (Phi) is 10.6. The molecule has 0 saturated heterocycles. The molecule has 0 radical (unpaired) electrons. The van der Waals surface area contributed by atoms with Crippen LogP contribution in [0.25, 0.3) is 66.1 Å². The zero-order valence-electron chi connectivity index (χ0n) is 37.4. The number of hydrogen-bond acceptors (Lipinski definition) is 2. The average Bonchev–Trinajstić information content (AvgIpc) is 3.91. The predicted molar refractivity (Wildman–Crippen MR) is 270 cm³/mol. The first-order valence-corrected chi connectivity index (χ1v) is 22.7. The van der Waals surface area contributed by atoms with Crippen LogP contribution in [0.4, 0.5) is 69.2 Å². The normalized spacial score (nSPS) is 11.6. The Hall–Kier alpha value is -9.16. The van der Waals surface area contributed by atoms with Gasteiger partial charge in [-0.05, 0) is 163 Å². The summed E-state index contributed by atoms with van der Waals surface area (Å²) in [6.07, 6.45) is 0. The van der Waals surface area contributed by atoms with Crippen LogP contribution in [0.2, 0.25) is 0 Å². The van der Waals surface area contributed by atoms with Crippen LogP contribution in [-0.4, -0.2) is 9.13 Å². The molecule has 10 aromatic carbocycles. The standard InChI is InChI=1S/C60H34F8N4/c61-36-11-21-41(22-12-36)69(45-29-31-53-49(33-45)47-5-1-3-7-51(47)71(53)43-25-15-38(63)16-26-43)40-19-9-35(10-20-40)55-56(65)58(67)60(59(68)57(55)66)70(42-23-13-37(62)14-24-42)46-30-32-54-50(34-46)48-6-2-4-8-52(48)72(54)44-27-17-39(64)18-28-44/h1-34H. The second-order valence-corrected chi connectivity index (χ2v) is 17.2. The van der Waals surface area contributed by atoms with E-state index >= 15 is 17.6 Å². The van der Waals surface area contributed by atoms with Crippen molar-refractivity contribution in [1.82, 2.24) is 9.13 Å². The van der Waals surface area contributed by atoms with Gasteiger partial charge in [-0.25, -0.2) is 35.1 Å². The highest BCUT2D eigenvalue weighted by Crippen LogP contribution is 2.46. The fraction of sp³-hybridized carbons (Fsp3) is 0. The summed E-state index contributed by atoms with van der Waals surface area (Å²) < 4.78 is 128. The van der Waals surface area contributed by atoms with E-state index in [1.807, 2.05) is 75.9 Å². The summed E-state index contributed by atoms with van der Waals surface area (Å²) in [6, 6.07) is 53.9. The molecule has 0 N–H and O–H groups in total. The van der Waals surface area contributed by atoms with E-state index in [0.717, 1.165) is 55.4 Å². The number of aromatic nitrogens is 2. The molecule has 4 nitrogen and oxygen atoms in total. The highest BCUT2D eigenvalue weighted by atomic mass is 19.2. The summed E-state index contributed by atoms with van der Waals surface area (Å²) >= 11 is 0. The third-order valence-corrected chi connectivity index (χ3v) is 13.0. The van der Waals surface area contributed by atoms with Crippen LogP contribution < -0.4 is 9.80 Å².